The second-order valence-electron chi connectivity index (χ2n) is 5.98. The summed E-state index contributed by atoms with van der Waals surface area (Å²) in [5, 5.41) is 1.34. The van der Waals surface area contributed by atoms with Gasteiger partial charge in [-0.05, 0) is 36.1 Å². The van der Waals surface area contributed by atoms with Gasteiger partial charge in [-0.15, -0.1) is 0 Å². The van der Waals surface area contributed by atoms with E-state index in [-0.39, 0.29) is 5.79 Å². The lowest BCUT2D eigenvalue weighted by atomic mass is 9.89. The van der Waals surface area contributed by atoms with Crippen molar-refractivity contribution in [1.82, 2.24) is 4.98 Å². The topological polar surface area (TPSA) is 34.2 Å². The summed E-state index contributed by atoms with van der Waals surface area (Å²) in [5.74, 6) is -0.329. The van der Waals surface area contributed by atoms with Gasteiger partial charge in [-0.1, -0.05) is 19.1 Å². The molecular weight excluding hydrogens is 262 g/mol. The Hall–Kier alpha value is -1.58. The number of aryl methyl sites for hydroxylation is 1. The Morgan fingerprint density at radius 2 is 2.10 bits per heavy atom. The third kappa shape index (κ3) is 2.21. The van der Waals surface area contributed by atoms with Crippen LogP contribution < -0.4 is 0 Å². The highest BCUT2D eigenvalue weighted by Crippen LogP contribution is 2.39. The minimum absolute atomic E-state index is 0.329. The normalized spacial score (nSPS) is 21.1. The van der Waals surface area contributed by atoms with Crippen molar-refractivity contribution < 1.29 is 9.47 Å². The van der Waals surface area contributed by atoms with Crippen molar-refractivity contribution >= 4 is 16.5 Å². The molecular formula is C18H21NO2. The van der Waals surface area contributed by atoms with Crippen molar-refractivity contribution in [1.29, 1.82) is 0 Å². The molecule has 1 aromatic carbocycles. The van der Waals surface area contributed by atoms with Gasteiger partial charge in [-0.2, -0.15) is 0 Å². The molecule has 2 aromatic rings. The highest BCUT2D eigenvalue weighted by atomic mass is 16.7. The molecule has 1 aliphatic carbocycles. The molecule has 21 heavy (non-hydrogen) atoms. The fraction of sp³-hybridized carbons (Fsp3) is 0.444. The van der Waals surface area contributed by atoms with E-state index in [9.17, 15) is 0 Å². The molecule has 1 fully saturated rings. The van der Waals surface area contributed by atoms with Gasteiger partial charge in [0, 0.05) is 35.5 Å². The van der Waals surface area contributed by atoms with E-state index in [0.717, 1.165) is 38.9 Å². The number of aromatic amines is 1. The monoisotopic (exact) mass is 283 g/mol. The molecule has 1 aliphatic heterocycles. The summed E-state index contributed by atoms with van der Waals surface area (Å²) in [6.07, 6.45) is 8.36. The minimum atomic E-state index is -0.329. The van der Waals surface area contributed by atoms with E-state index < -0.39 is 0 Å². The van der Waals surface area contributed by atoms with Gasteiger partial charge in [0.15, 0.2) is 5.79 Å². The molecule has 1 spiro atoms. The maximum Gasteiger partial charge on any atom is 0.172 e. The molecule has 3 nitrogen and oxygen atoms in total. The molecule has 0 radical (unpaired) electrons. The largest absolute Gasteiger partial charge is 0.361 e. The molecule has 3 heteroatoms. The molecule has 110 valence electrons. The molecule has 1 N–H and O–H groups in total. The second-order valence-corrected chi connectivity index (χ2v) is 5.98. The fourth-order valence-corrected chi connectivity index (χ4v) is 3.47. The van der Waals surface area contributed by atoms with Crippen LogP contribution in [-0.2, 0) is 15.9 Å². The van der Waals surface area contributed by atoms with Crippen LogP contribution >= 0.6 is 0 Å². The first-order valence-corrected chi connectivity index (χ1v) is 7.87. The molecule has 4 rings (SSSR count). The molecule has 0 atom stereocenters. The van der Waals surface area contributed by atoms with E-state index in [1.54, 1.807) is 0 Å². The van der Waals surface area contributed by atoms with Gasteiger partial charge in [-0.3, -0.25) is 0 Å². The van der Waals surface area contributed by atoms with Gasteiger partial charge in [0.2, 0.25) is 0 Å². The number of fused-ring (bicyclic) bond motifs is 1. The summed E-state index contributed by atoms with van der Waals surface area (Å²) in [4.78, 5) is 3.39. The molecule has 1 saturated heterocycles. The zero-order valence-electron chi connectivity index (χ0n) is 12.4. The molecule has 0 unspecified atom stereocenters. The molecule has 2 heterocycles. The summed E-state index contributed by atoms with van der Waals surface area (Å²) in [6, 6.07) is 6.70. The van der Waals surface area contributed by atoms with Gasteiger partial charge in [0.05, 0.1) is 13.2 Å². The lowest BCUT2D eigenvalue weighted by Crippen LogP contribution is -2.31. The van der Waals surface area contributed by atoms with Crippen LogP contribution in [0.5, 0.6) is 0 Å². The Morgan fingerprint density at radius 1 is 1.24 bits per heavy atom. The van der Waals surface area contributed by atoms with Crippen LogP contribution in [0.15, 0.2) is 30.5 Å². The summed E-state index contributed by atoms with van der Waals surface area (Å²) < 4.78 is 11.6. The van der Waals surface area contributed by atoms with Crippen molar-refractivity contribution in [2.75, 3.05) is 13.2 Å². The van der Waals surface area contributed by atoms with Crippen molar-refractivity contribution in [2.24, 2.45) is 0 Å². The maximum absolute atomic E-state index is 5.80. The van der Waals surface area contributed by atoms with E-state index in [0.29, 0.717) is 0 Å². The van der Waals surface area contributed by atoms with Crippen LogP contribution in [0.2, 0.25) is 0 Å². The van der Waals surface area contributed by atoms with E-state index >= 15 is 0 Å². The number of ether oxygens (including phenoxy) is 2. The first kappa shape index (κ1) is 13.1. The van der Waals surface area contributed by atoms with E-state index in [1.807, 2.05) is 0 Å². The predicted molar refractivity (Wildman–Crippen MR) is 84.1 cm³/mol. The van der Waals surface area contributed by atoms with Crippen molar-refractivity contribution in [3.8, 4) is 0 Å². The van der Waals surface area contributed by atoms with Crippen molar-refractivity contribution in [3.63, 3.8) is 0 Å². The van der Waals surface area contributed by atoms with Crippen molar-refractivity contribution in [3.05, 3.63) is 41.6 Å². The number of hydrogen-bond acceptors (Lipinski definition) is 2. The summed E-state index contributed by atoms with van der Waals surface area (Å²) >= 11 is 0. The van der Waals surface area contributed by atoms with Crippen LogP contribution in [0, 0.1) is 0 Å². The zero-order chi connectivity index (χ0) is 14.3. The number of rotatable bonds is 2. The standard InChI is InChI=1S/C18H21NO2/c1-2-13-3-4-17-15(11-13)16(12-19-17)14-5-7-18(8-6-14)20-9-10-21-18/h3-5,11-12,19H,2,6-10H2,1H3. The Balaban J connectivity index is 1.69. The predicted octanol–water partition coefficient (Wildman–Crippen LogP) is 4.04. The third-order valence-electron chi connectivity index (χ3n) is 4.75. The number of benzene rings is 1. The molecule has 2 aliphatic rings. The average Bonchev–Trinajstić information content (AvgIpc) is 3.15. The van der Waals surface area contributed by atoms with Gasteiger partial charge in [-0.25, -0.2) is 0 Å². The highest BCUT2D eigenvalue weighted by Gasteiger charge is 2.37. The zero-order valence-corrected chi connectivity index (χ0v) is 12.4. The summed E-state index contributed by atoms with van der Waals surface area (Å²) in [6.45, 7) is 3.66. The number of hydrogen-bond donors (Lipinski definition) is 1. The Morgan fingerprint density at radius 3 is 2.81 bits per heavy atom. The highest BCUT2D eigenvalue weighted by molar-refractivity contribution is 5.93. The number of aromatic nitrogens is 1. The van der Waals surface area contributed by atoms with Gasteiger partial charge in [0.1, 0.15) is 0 Å². The van der Waals surface area contributed by atoms with Crippen LogP contribution in [0.4, 0.5) is 0 Å². The second kappa shape index (κ2) is 5.00. The SMILES string of the molecule is CCc1ccc2[nH]cc(C3=CCC4(CC3)OCCO4)c2c1. The van der Waals surface area contributed by atoms with Gasteiger partial charge in [0.25, 0.3) is 0 Å². The first-order chi connectivity index (χ1) is 10.3. The minimum Gasteiger partial charge on any atom is -0.361 e. The third-order valence-corrected chi connectivity index (χ3v) is 4.75. The molecule has 0 saturated carbocycles. The summed E-state index contributed by atoms with van der Waals surface area (Å²) in [7, 11) is 0. The van der Waals surface area contributed by atoms with Gasteiger partial charge >= 0.3 is 0 Å². The Labute approximate surface area is 124 Å². The Bertz CT molecular complexity index is 692. The van der Waals surface area contributed by atoms with Crippen molar-refractivity contribution in [2.45, 2.75) is 38.4 Å². The fourth-order valence-electron chi connectivity index (χ4n) is 3.47. The number of H-pyrrole nitrogens is 1. The summed E-state index contributed by atoms with van der Waals surface area (Å²) in [5.41, 5.74) is 5.36. The lowest BCUT2D eigenvalue weighted by molar-refractivity contribution is -0.159. The number of nitrogens with one attached hydrogen (secondary N) is 1. The molecule has 0 bridgehead atoms. The smallest absolute Gasteiger partial charge is 0.172 e. The van der Waals surface area contributed by atoms with Crippen LogP contribution in [0.3, 0.4) is 0 Å². The van der Waals surface area contributed by atoms with E-state index in [2.05, 4.69) is 42.4 Å². The Kier molecular flexibility index (Phi) is 3.12. The quantitative estimate of drug-likeness (QED) is 0.902. The molecule has 1 aromatic heterocycles. The van der Waals surface area contributed by atoms with Crippen LogP contribution in [-0.4, -0.2) is 24.0 Å². The van der Waals surface area contributed by atoms with E-state index in [4.69, 9.17) is 9.47 Å². The first-order valence-electron chi connectivity index (χ1n) is 7.87. The maximum atomic E-state index is 5.80. The van der Waals surface area contributed by atoms with Crippen LogP contribution in [0.1, 0.15) is 37.3 Å². The van der Waals surface area contributed by atoms with E-state index in [1.165, 1.54) is 27.6 Å². The lowest BCUT2D eigenvalue weighted by Gasteiger charge is -2.30. The van der Waals surface area contributed by atoms with Gasteiger partial charge < -0.3 is 14.5 Å². The molecule has 0 amide bonds. The van der Waals surface area contributed by atoms with Crippen LogP contribution in [0.25, 0.3) is 16.5 Å². The average molecular weight is 283 g/mol. The number of allylic oxidation sites excluding steroid dienone is 1.